The first-order valence-corrected chi connectivity index (χ1v) is 6.69. The maximum Gasteiger partial charge on any atom is 0.317 e. The van der Waals surface area contributed by atoms with Gasteiger partial charge in [-0.15, -0.1) is 0 Å². The molecule has 0 aromatic carbocycles. The molecule has 1 saturated heterocycles. The van der Waals surface area contributed by atoms with Gasteiger partial charge in [0.2, 0.25) is 0 Å². The van der Waals surface area contributed by atoms with Gasteiger partial charge < -0.3 is 15.3 Å². The summed E-state index contributed by atoms with van der Waals surface area (Å²) in [6.45, 7) is 0.654. The fourth-order valence-electron chi connectivity index (χ4n) is 1.78. The number of rotatable bonds is 3. The number of hydrogen-bond acceptors (Lipinski definition) is 3. The van der Waals surface area contributed by atoms with Crippen LogP contribution in [-0.4, -0.2) is 52.1 Å². The van der Waals surface area contributed by atoms with Crippen LogP contribution in [0, 0.1) is 0 Å². The van der Waals surface area contributed by atoms with Crippen molar-refractivity contribution in [1.82, 2.24) is 10.2 Å². The molecule has 16 heavy (non-hydrogen) atoms. The Kier molecular flexibility index (Phi) is 3.58. The summed E-state index contributed by atoms with van der Waals surface area (Å²) < 4.78 is 0. The molecule has 2 fully saturated rings. The van der Waals surface area contributed by atoms with E-state index in [0.29, 0.717) is 12.6 Å². The molecule has 6 heteroatoms. The van der Waals surface area contributed by atoms with Gasteiger partial charge in [-0.1, -0.05) is 0 Å². The van der Waals surface area contributed by atoms with Crippen molar-refractivity contribution in [1.29, 1.82) is 0 Å². The zero-order chi connectivity index (χ0) is 11.5. The normalized spacial score (nSPS) is 25.2. The average Bonchev–Trinajstić information content (AvgIpc) is 3.01. The lowest BCUT2D eigenvalue weighted by atomic mass is 10.2. The van der Waals surface area contributed by atoms with E-state index in [1.54, 1.807) is 16.7 Å². The summed E-state index contributed by atoms with van der Waals surface area (Å²) in [5, 5.41) is 11.7. The minimum Gasteiger partial charge on any atom is -0.481 e. The molecule has 0 aromatic heterocycles. The third-order valence-corrected chi connectivity index (χ3v) is 3.90. The van der Waals surface area contributed by atoms with Crippen LogP contribution in [0.2, 0.25) is 0 Å². The number of hydrogen-bond donors (Lipinski definition) is 2. The second kappa shape index (κ2) is 4.95. The van der Waals surface area contributed by atoms with Gasteiger partial charge in [-0.05, 0) is 12.8 Å². The molecule has 1 aliphatic heterocycles. The first-order chi connectivity index (χ1) is 7.66. The Morgan fingerprint density at radius 3 is 2.81 bits per heavy atom. The van der Waals surface area contributed by atoms with E-state index < -0.39 is 5.97 Å². The Labute approximate surface area is 98.6 Å². The molecule has 5 nitrogen and oxygen atoms in total. The summed E-state index contributed by atoms with van der Waals surface area (Å²) in [6.07, 6.45) is 2.15. The van der Waals surface area contributed by atoms with Gasteiger partial charge in [0, 0.05) is 24.1 Å². The first-order valence-electron chi connectivity index (χ1n) is 5.53. The summed E-state index contributed by atoms with van der Waals surface area (Å²) in [4.78, 5) is 24.2. The van der Waals surface area contributed by atoms with E-state index in [0.717, 1.165) is 24.3 Å². The predicted octanol–water partition coefficient (Wildman–Crippen LogP) is 0.751. The summed E-state index contributed by atoms with van der Waals surface area (Å²) in [6, 6.07) is 0.0802. The molecule has 0 bridgehead atoms. The van der Waals surface area contributed by atoms with Crippen LogP contribution < -0.4 is 5.32 Å². The minimum atomic E-state index is -0.836. The Morgan fingerprint density at radius 1 is 1.44 bits per heavy atom. The molecule has 1 aliphatic carbocycles. The van der Waals surface area contributed by atoms with Crippen LogP contribution in [0.1, 0.15) is 19.3 Å². The number of carbonyl (C=O) groups is 2. The third-order valence-electron chi connectivity index (χ3n) is 2.80. The topological polar surface area (TPSA) is 69.6 Å². The summed E-state index contributed by atoms with van der Waals surface area (Å²) in [5.41, 5.74) is 0. The molecule has 1 unspecified atom stereocenters. The average molecular weight is 244 g/mol. The number of nitrogens with zero attached hydrogens (tertiary/aromatic N) is 1. The fourth-order valence-corrected chi connectivity index (χ4v) is 2.84. The SMILES string of the molecule is O=C(O)CC1CSCCN1C(=O)NC1CC1. The second-order valence-corrected chi connectivity index (χ2v) is 5.39. The third kappa shape index (κ3) is 3.04. The molecule has 0 aromatic rings. The van der Waals surface area contributed by atoms with E-state index in [2.05, 4.69) is 5.32 Å². The molecular weight excluding hydrogens is 228 g/mol. The maximum atomic E-state index is 11.9. The number of amides is 2. The van der Waals surface area contributed by atoms with Gasteiger partial charge in [0.05, 0.1) is 12.5 Å². The van der Waals surface area contributed by atoms with Gasteiger partial charge in [-0.25, -0.2) is 4.79 Å². The minimum absolute atomic E-state index is 0.0467. The van der Waals surface area contributed by atoms with Crippen LogP contribution in [-0.2, 0) is 4.79 Å². The molecule has 1 atom stereocenters. The number of urea groups is 1. The van der Waals surface area contributed by atoms with Crippen molar-refractivity contribution in [3.63, 3.8) is 0 Å². The molecule has 2 aliphatic rings. The van der Waals surface area contributed by atoms with E-state index in [1.165, 1.54) is 0 Å². The lowest BCUT2D eigenvalue weighted by Gasteiger charge is -2.34. The zero-order valence-corrected chi connectivity index (χ0v) is 9.83. The number of carboxylic acids is 1. The highest BCUT2D eigenvalue weighted by Gasteiger charge is 2.32. The van der Waals surface area contributed by atoms with E-state index in [4.69, 9.17) is 5.11 Å². The Hall–Kier alpha value is -0.910. The van der Waals surface area contributed by atoms with Gasteiger partial charge in [0.1, 0.15) is 0 Å². The number of aliphatic carboxylic acids is 1. The zero-order valence-electron chi connectivity index (χ0n) is 9.02. The van der Waals surface area contributed by atoms with Crippen LogP contribution in [0.5, 0.6) is 0 Å². The molecule has 1 heterocycles. The Balaban J connectivity index is 1.91. The molecule has 90 valence electrons. The summed E-state index contributed by atoms with van der Waals surface area (Å²) >= 11 is 1.72. The van der Waals surface area contributed by atoms with Gasteiger partial charge in [-0.2, -0.15) is 11.8 Å². The lowest BCUT2D eigenvalue weighted by Crippen LogP contribution is -2.51. The van der Waals surface area contributed by atoms with Gasteiger partial charge >= 0.3 is 12.0 Å². The van der Waals surface area contributed by atoms with Crippen molar-refractivity contribution in [3.8, 4) is 0 Å². The van der Waals surface area contributed by atoms with Crippen LogP contribution in [0.4, 0.5) is 4.79 Å². The summed E-state index contributed by atoms with van der Waals surface area (Å²) in [5.74, 6) is 0.787. The van der Waals surface area contributed by atoms with Crippen molar-refractivity contribution >= 4 is 23.8 Å². The van der Waals surface area contributed by atoms with Crippen molar-refractivity contribution < 1.29 is 14.7 Å². The molecule has 0 radical (unpaired) electrons. The van der Waals surface area contributed by atoms with Gasteiger partial charge in [0.15, 0.2) is 0 Å². The molecule has 2 rings (SSSR count). The van der Waals surface area contributed by atoms with Crippen LogP contribution in [0.3, 0.4) is 0 Å². The monoisotopic (exact) mass is 244 g/mol. The van der Waals surface area contributed by atoms with E-state index in [9.17, 15) is 9.59 Å². The standard InChI is InChI=1S/C10H16N2O3S/c13-9(14)5-8-6-16-4-3-12(8)10(15)11-7-1-2-7/h7-8H,1-6H2,(H,11,15)(H,13,14). The highest BCUT2D eigenvalue weighted by Crippen LogP contribution is 2.22. The molecule has 2 amide bonds. The first kappa shape index (κ1) is 11.6. The Bertz CT molecular complexity index is 294. The fraction of sp³-hybridized carbons (Fsp3) is 0.800. The maximum absolute atomic E-state index is 11.9. The summed E-state index contributed by atoms with van der Waals surface area (Å²) in [7, 11) is 0. The van der Waals surface area contributed by atoms with Crippen LogP contribution in [0.15, 0.2) is 0 Å². The number of nitrogens with one attached hydrogen (secondary N) is 1. The molecule has 2 N–H and O–H groups in total. The number of carbonyl (C=O) groups excluding carboxylic acids is 1. The van der Waals surface area contributed by atoms with E-state index >= 15 is 0 Å². The van der Waals surface area contributed by atoms with Gasteiger partial charge in [-0.3, -0.25) is 4.79 Å². The molecule has 0 spiro atoms. The van der Waals surface area contributed by atoms with E-state index in [-0.39, 0.29) is 18.5 Å². The number of carboxylic acid groups (broad SMARTS) is 1. The van der Waals surface area contributed by atoms with E-state index in [1.807, 2.05) is 0 Å². The van der Waals surface area contributed by atoms with Crippen molar-refractivity contribution in [2.45, 2.75) is 31.3 Å². The highest BCUT2D eigenvalue weighted by molar-refractivity contribution is 7.99. The predicted molar refractivity (Wildman–Crippen MR) is 61.6 cm³/mol. The van der Waals surface area contributed by atoms with Crippen molar-refractivity contribution in [3.05, 3.63) is 0 Å². The van der Waals surface area contributed by atoms with Crippen LogP contribution in [0.25, 0.3) is 0 Å². The largest absolute Gasteiger partial charge is 0.481 e. The van der Waals surface area contributed by atoms with Crippen molar-refractivity contribution in [2.75, 3.05) is 18.1 Å². The van der Waals surface area contributed by atoms with Crippen LogP contribution >= 0.6 is 11.8 Å². The smallest absolute Gasteiger partial charge is 0.317 e. The molecular formula is C10H16N2O3S. The molecule has 1 saturated carbocycles. The lowest BCUT2D eigenvalue weighted by molar-refractivity contribution is -0.137. The van der Waals surface area contributed by atoms with Crippen molar-refractivity contribution in [2.24, 2.45) is 0 Å². The van der Waals surface area contributed by atoms with Gasteiger partial charge in [0.25, 0.3) is 0 Å². The Morgan fingerprint density at radius 2 is 2.19 bits per heavy atom. The second-order valence-electron chi connectivity index (χ2n) is 4.24. The number of thioether (sulfide) groups is 1. The quantitative estimate of drug-likeness (QED) is 0.768. The highest BCUT2D eigenvalue weighted by atomic mass is 32.2.